The Morgan fingerprint density at radius 3 is 2.56 bits per heavy atom. The van der Waals surface area contributed by atoms with Crippen molar-refractivity contribution in [2.75, 3.05) is 4.90 Å². The molecule has 1 aliphatic rings. The Kier molecular flexibility index (Phi) is 2.59. The maximum atomic E-state index is 11.7. The smallest absolute Gasteiger partial charge is 0.417 e. The maximum absolute atomic E-state index is 11.7. The second kappa shape index (κ2) is 3.79. The van der Waals surface area contributed by atoms with Gasteiger partial charge in [0.05, 0.1) is 0 Å². The van der Waals surface area contributed by atoms with Crippen molar-refractivity contribution < 1.29 is 14.6 Å². The van der Waals surface area contributed by atoms with Gasteiger partial charge in [-0.15, -0.1) is 0 Å². The Bertz CT molecular complexity index is 393. The highest BCUT2D eigenvalue weighted by Gasteiger charge is 2.49. The van der Waals surface area contributed by atoms with Crippen LogP contribution in [0, 0.1) is 0 Å². The third-order valence-electron chi connectivity index (χ3n) is 3.04. The highest BCUT2D eigenvalue weighted by molar-refractivity contribution is 5.90. The number of hydrogen-bond donors (Lipinski definition) is 1. The number of carbonyl (C=O) groups is 1. The molecule has 1 heterocycles. The molecular weight excluding hydrogens is 206 g/mol. The largest absolute Gasteiger partial charge is 0.438 e. The van der Waals surface area contributed by atoms with E-state index in [1.807, 2.05) is 25.1 Å². The molecule has 0 aromatic heterocycles. The van der Waals surface area contributed by atoms with Gasteiger partial charge in [0.25, 0.3) is 0 Å². The number of cyclic esters (lactones) is 1. The molecule has 1 amide bonds. The van der Waals surface area contributed by atoms with E-state index in [0.29, 0.717) is 12.1 Å². The molecule has 1 aromatic rings. The minimum Gasteiger partial charge on any atom is -0.438 e. The zero-order valence-corrected chi connectivity index (χ0v) is 9.38. The number of anilines is 1. The predicted octanol–water partition coefficient (Wildman–Crippen LogP) is 2.13. The molecule has 0 aliphatic carbocycles. The van der Waals surface area contributed by atoms with E-state index in [9.17, 15) is 9.90 Å². The Morgan fingerprint density at radius 1 is 1.44 bits per heavy atom. The SMILES string of the molecule is CCC1(C)OC(=O)N(c2ccccc2)C1O. The molecule has 86 valence electrons. The van der Waals surface area contributed by atoms with Crippen LogP contribution < -0.4 is 4.90 Å². The molecule has 0 radical (unpaired) electrons. The standard InChI is InChI=1S/C12H15NO3/c1-3-12(2)10(14)13(11(15)16-12)9-7-5-4-6-8-9/h4-8,10,14H,3H2,1-2H3. The van der Waals surface area contributed by atoms with Crippen LogP contribution in [-0.2, 0) is 4.74 Å². The molecule has 2 atom stereocenters. The van der Waals surface area contributed by atoms with Crippen LogP contribution in [0.25, 0.3) is 0 Å². The monoisotopic (exact) mass is 221 g/mol. The first-order valence-corrected chi connectivity index (χ1v) is 5.34. The molecule has 2 unspecified atom stereocenters. The first-order chi connectivity index (χ1) is 7.58. The van der Waals surface area contributed by atoms with Crippen LogP contribution in [0.15, 0.2) is 30.3 Å². The van der Waals surface area contributed by atoms with Crippen LogP contribution in [-0.4, -0.2) is 23.0 Å². The molecular formula is C12H15NO3. The van der Waals surface area contributed by atoms with Crippen molar-refractivity contribution >= 4 is 11.8 Å². The number of benzene rings is 1. The number of rotatable bonds is 2. The summed E-state index contributed by atoms with van der Waals surface area (Å²) in [4.78, 5) is 13.0. The van der Waals surface area contributed by atoms with Crippen LogP contribution in [0.4, 0.5) is 10.5 Å². The van der Waals surface area contributed by atoms with Gasteiger partial charge >= 0.3 is 6.09 Å². The van der Waals surface area contributed by atoms with Gasteiger partial charge in [0, 0.05) is 5.69 Å². The van der Waals surface area contributed by atoms with Gasteiger partial charge in [-0.05, 0) is 25.5 Å². The number of nitrogens with zero attached hydrogens (tertiary/aromatic N) is 1. The molecule has 0 saturated carbocycles. The number of hydrogen-bond acceptors (Lipinski definition) is 3. The highest BCUT2D eigenvalue weighted by Crippen LogP contribution is 2.34. The van der Waals surface area contributed by atoms with Gasteiger partial charge in [-0.3, -0.25) is 0 Å². The van der Waals surface area contributed by atoms with Gasteiger partial charge < -0.3 is 9.84 Å². The summed E-state index contributed by atoms with van der Waals surface area (Å²) in [5.41, 5.74) is -0.176. The Hall–Kier alpha value is -1.55. The van der Waals surface area contributed by atoms with Crippen molar-refractivity contribution in [2.24, 2.45) is 0 Å². The van der Waals surface area contributed by atoms with Gasteiger partial charge in [-0.25, -0.2) is 9.69 Å². The quantitative estimate of drug-likeness (QED) is 0.832. The molecule has 1 fully saturated rings. The fourth-order valence-electron chi connectivity index (χ4n) is 1.76. The van der Waals surface area contributed by atoms with Crippen LogP contribution in [0.5, 0.6) is 0 Å². The molecule has 2 rings (SSSR count). The predicted molar refractivity (Wildman–Crippen MR) is 60.1 cm³/mol. The first-order valence-electron chi connectivity index (χ1n) is 5.34. The van der Waals surface area contributed by atoms with Crippen molar-refractivity contribution in [3.8, 4) is 0 Å². The van der Waals surface area contributed by atoms with Gasteiger partial charge in [-0.1, -0.05) is 25.1 Å². The normalized spacial score (nSPS) is 29.3. The first kappa shape index (κ1) is 11.0. The molecule has 1 N–H and O–H groups in total. The summed E-state index contributed by atoms with van der Waals surface area (Å²) in [6.45, 7) is 3.61. The summed E-state index contributed by atoms with van der Waals surface area (Å²) >= 11 is 0. The molecule has 4 heteroatoms. The Labute approximate surface area is 94.4 Å². The third-order valence-corrected chi connectivity index (χ3v) is 3.04. The van der Waals surface area contributed by atoms with Crippen molar-refractivity contribution in [1.82, 2.24) is 0 Å². The van der Waals surface area contributed by atoms with Crippen LogP contribution >= 0.6 is 0 Å². The molecule has 1 saturated heterocycles. The van der Waals surface area contributed by atoms with E-state index in [1.165, 1.54) is 4.90 Å². The molecule has 16 heavy (non-hydrogen) atoms. The highest BCUT2D eigenvalue weighted by atomic mass is 16.6. The van der Waals surface area contributed by atoms with Gasteiger partial charge in [0.2, 0.25) is 0 Å². The van der Waals surface area contributed by atoms with Gasteiger partial charge in [-0.2, -0.15) is 0 Å². The molecule has 4 nitrogen and oxygen atoms in total. The average molecular weight is 221 g/mol. The second-order valence-corrected chi connectivity index (χ2v) is 4.11. The lowest BCUT2D eigenvalue weighted by atomic mass is 10.0. The summed E-state index contributed by atoms with van der Waals surface area (Å²) in [6.07, 6.45) is -0.862. The third kappa shape index (κ3) is 1.55. The van der Waals surface area contributed by atoms with Crippen LogP contribution in [0.1, 0.15) is 20.3 Å². The lowest BCUT2D eigenvalue weighted by molar-refractivity contribution is -0.0211. The molecule has 1 aliphatic heterocycles. The van der Waals surface area contributed by atoms with E-state index >= 15 is 0 Å². The number of para-hydroxylation sites is 1. The number of amides is 1. The maximum Gasteiger partial charge on any atom is 0.417 e. The van der Waals surface area contributed by atoms with E-state index in [1.54, 1.807) is 19.1 Å². The van der Waals surface area contributed by atoms with E-state index in [2.05, 4.69) is 0 Å². The molecule has 1 aromatic carbocycles. The van der Waals surface area contributed by atoms with Crippen LogP contribution in [0.2, 0.25) is 0 Å². The topological polar surface area (TPSA) is 49.8 Å². The molecule has 0 spiro atoms. The summed E-state index contributed by atoms with van der Waals surface area (Å²) in [7, 11) is 0. The lowest BCUT2D eigenvalue weighted by Gasteiger charge is -2.26. The van der Waals surface area contributed by atoms with Crippen molar-refractivity contribution in [3.05, 3.63) is 30.3 Å². The van der Waals surface area contributed by atoms with E-state index < -0.39 is 17.9 Å². The van der Waals surface area contributed by atoms with Gasteiger partial charge in [0.1, 0.15) is 0 Å². The summed E-state index contributed by atoms with van der Waals surface area (Å²) in [6, 6.07) is 9.03. The second-order valence-electron chi connectivity index (χ2n) is 4.11. The lowest BCUT2D eigenvalue weighted by Crippen LogP contribution is -2.43. The zero-order valence-electron chi connectivity index (χ0n) is 9.38. The zero-order chi connectivity index (χ0) is 11.8. The minimum atomic E-state index is -0.938. The minimum absolute atomic E-state index is 0.497. The van der Waals surface area contributed by atoms with Crippen molar-refractivity contribution in [1.29, 1.82) is 0 Å². The number of aliphatic hydroxyl groups excluding tert-OH is 1. The Morgan fingerprint density at radius 2 is 2.06 bits per heavy atom. The molecule has 0 bridgehead atoms. The van der Waals surface area contributed by atoms with Crippen molar-refractivity contribution in [3.63, 3.8) is 0 Å². The average Bonchev–Trinajstić information content (AvgIpc) is 2.52. The fourth-order valence-corrected chi connectivity index (χ4v) is 1.76. The summed E-state index contributed by atoms with van der Waals surface area (Å²) in [5.74, 6) is 0. The number of aliphatic hydroxyl groups is 1. The van der Waals surface area contributed by atoms with Crippen LogP contribution in [0.3, 0.4) is 0 Å². The van der Waals surface area contributed by atoms with Gasteiger partial charge in [0.15, 0.2) is 11.8 Å². The number of carbonyl (C=O) groups excluding carboxylic acids is 1. The van der Waals surface area contributed by atoms with E-state index in [4.69, 9.17) is 4.74 Å². The number of ether oxygens (including phenoxy) is 1. The summed E-state index contributed by atoms with van der Waals surface area (Å²) < 4.78 is 5.21. The Balaban J connectivity index is 2.34. The summed E-state index contributed by atoms with van der Waals surface area (Å²) in [5, 5.41) is 10.1. The van der Waals surface area contributed by atoms with E-state index in [-0.39, 0.29) is 0 Å². The fraction of sp³-hybridized carbons (Fsp3) is 0.417. The van der Waals surface area contributed by atoms with Crippen molar-refractivity contribution in [2.45, 2.75) is 32.1 Å². The van der Waals surface area contributed by atoms with E-state index in [0.717, 1.165) is 0 Å².